The highest BCUT2D eigenvalue weighted by molar-refractivity contribution is 7.14. The van der Waals surface area contributed by atoms with Crippen LogP contribution in [0.5, 0.6) is 5.75 Å². The van der Waals surface area contributed by atoms with Crippen molar-refractivity contribution < 1.29 is 9.53 Å². The summed E-state index contributed by atoms with van der Waals surface area (Å²) < 4.78 is 5.43. The fraction of sp³-hybridized carbons (Fsp3) is 0.368. The average molecular weight is 401 g/mol. The molecular weight excluding hydrogens is 380 g/mol. The maximum absolute atomic E-state index is 12.5. The van der Waals surface area contributed by atoms with Gasteiger partial charge in [-0.2, -0.15) is 0 Å². The Balaban J connectivity index is 1.43. The molecule has 1 saturated heterocycles. The first kappa shape index (κ1) is 18.1. The van der Waals surface area contributed by atoms with Crippen LogP contribution in [0, 0.1) is 6.92 Å². The van der Waals surface area contributed by atoms with Crippen LogP contribution in [0.2, 0.25) is 0 Å². The van der Waals surface area contributed by atoms with Gasteiger partial charge in [0.1, 0.15) is 16.5 Å². The molecule has 0 saturated carbocycles. The summed E-state index contributed by atoms with van der Waals surface area (Å²) in [5, 5.41) is 13.5. The van der Waals surface area contributed by atoms with Crippen molar-refractivity contribution in [2.75, 3.05) is 20.2 Å². The number of carbonyl (C=O) groups is 1. The van der Waals surface area contributed by atoms with Gasteiger partial charge in [0.25, 0.3) is 5.91 Å². The van der Waals surface area contributed by atoms with Gasteiger partial charge in [0.05, 0.1) is 17.7 Å². The monoisotopic (exact) mass is 400 g/mol. The number of ether oxygens (including phenoxy) is 1. The number of hydrogen-bond donors (Lipinski definition) is 0. The molecule has 140 valence electrons. The number of aryl methyl sites for hydroxylation is 1. The Morgan fingerprint density at radius 2 is 2.00 bits per heavy atom. The first-order valence-corrected chi connectivity index (χ1v) is 10.5. The van der Waals surface area contributed by atoms with E-state index in [1.54, 1.807) is 18.4 Å². The Morgan fingerprint density at radius 3 is 2.70 bits per heavy atom. The molecule has 8 heteroatoms. The lowest BCUT2D eigenvalue weighted by Gasteiger charge is -2.30. The van der Waals surface area contributed by atoms with Crippen LogP contribution < -0.4 is 4.74 Å². The van der Waals surface area contributed by atoms with Gasteiger partial charge in [-0.25, -0.2) is 4.98 Å². The van der Waals surface area contributed by atoms with Gasteiger partial charge >= 0.3 is 0 Å². The largest absolute Gasteiger partial charge is 0.496 e. The van der Waals surface area contributed by atoms with Crippen LogP contribution in [0.25, 0.3) is 10.6 Å². The molecule has 0 N–H and O–H groups in total. The lowest BCUT2D eigenvalue weighted by Crippen LogP contribution is -2.38. The zero-order valence-electron chi connectivity index (χ0n) is 15.2. The number of amides is 1. The third kappa shape index (κ3) is 3.72. The topological polar surface area (TPSA) is 68.2 Å². The molecule has 0 spiro atoms. The Kier molecular flexibility index (Phi) is 5.18. The molecule has 3 heterocycles. The van der Waals surface area contributed by atoms with Gasteiger partial charge in [-0.15, -0.1) is 21.5 Å². The molecule has 2 aromatic heterocycles. The van der Waals surface area contributed by atoms with Crippen LogP contribution in [-0.4, -0.2) is 46.2 Å². The zero-order valence-corrected chi connectivity index (χ0v) is 16.8. The smallest absolute Gasteiger partial charge is 0.273 e. The Hall–Kier alpha value is -2.32. The molecule has 1 aromatic carbocycles. The van der Waals surface area contributed by atoms with Crippen molar-refractivity contribution in [3.8, 4) is 16.3 Å². The van der Waals surface area contributed by atoms with E-state index in [1.165, 1.54) is 11.3 Å². The number of methoxy groups -OCH3 is 1. The lowest BCUT2D eigenvalue weighted by molar-refractivity contribution is 0.0707. The quantitative estimate of drug-likeness (QED) is 0.662. The predicted octanol–water partition coefficient (Wildman–Crippen LogP) is 4.00. The minimum Gasteiger partial charge on any atom is -0.496 e. The summed E-state index contributed by atoms with van der Waals surface area (Å²) in [7, 11) is 1.66. The van der Waals surface area contributed by atoms with Gasteiger partial charge in [-0.1, -0.05) is 23.5 Å². The van der Waals surface area contributed by atoms with E-state index in [0.717, 1.165) is 52.3 Å². The number of thiazole rings is 1. The van der Waals surface area contributed by atoms with Crippen molar-refractivity contribution >= 4 is 28.6 Å². The van der Waals surface area contributed by atoms with Crippen LogP contribution in [0.3, 0.4) is 0 Å². The molecule has 0 radical (unpaired) electrons. The van der Waals surface area contributed by atoms with E-state index in [-0.39, 0.29) is 5.91 Å². The van der Waals surface area contributed by atoms with Crippen molar-refractivity contribution in [3.05, 3.63) is 45.4 Å². The molecule has 0 bridgehead atoms. The highest BCUT2D eigenvalue weighted by Gasteiger charge is 2.28. The molecule has 1 aliphatic heterocycles. The number of nitrogens with zero attached hydrogens (tertiary/aromatic N) is 4. The van der Waals surface area contributed by atoms with E-state index in [1.807, 2.05) is 41.5 Å². The summed E-state index contributed by atoms with van der Waals surface area (Å²) in [6.07, 6.45) is 1.80. The summed E-state index contributed by atoms with van der Waals surface area (Å²) in [4.78, 5) is 18.8. The fourth-order valence-corrected chi connectivity index (χ4v) is 4.91. The Morgan fingerprint density at radius 1 is 1.22 bits per heavy atom. The van der Waals surface area contributed by atoms with Crippen LogP contribution >= 0.6 is 22.7 Å². The van der Waals surface area contributed by atoms with Crippen molar-refractivity contribution in [1.29, 1.82) is 0 Å². The predicted molar refractivity (Wildman–Crippen MR) is 107 cm³/mol. The molecule has 27 heavy (non-hydrogen) atoms. The van der Waals surface area contributed by atoms with Gasteiger partial charge in [0, 0.05) is 24.4 Å². The van der Waals surface area contributed by atoms with Crippen LogP contribution in [0.1, 0.15) is 39.3 Å². The molecule has 1 aliphatic rings. The highest BCUT2D eigenvalue weighted by Crippen LogP contribution is 2.36. The van der Waals surface area contributed by atoms with E-state index >= 15 is 0 Å². The second-order valence-corrected chi connectivity index (χ2v) is 8.54. The number of carbonyl (C=O) groups excluding carboxylic acids is 1. The maximum atomic E-state index is 12.5. The molecule has 1 amide bonds. The molecule has 6 nitrogen and oxygen atoms in total. The molecule has 0 aliphatic carbocycles. The van der Waals surface area contributed by atoms with Crippen LogP contribution in [-0.2, 0) is 0 Å². The normalized spacial score (nSPS) is 15.1. The highest BCUT2D eigenvalue weighted by atomic mass is 32.1. The lowest BCUT2D eigenvalue weighted by atomic mass is 9.97. The molecular formula is C19H20N4O2S2. The van der Waals surface area contributed by atoms with E-state index in [4.69, 9.17) is 4.74 Å². The fourth-order valence-electron chi connectivity index (χ4n) is 3.28. The summed E-state index contributed by atoms with van der Waals surface area (Å²) in [6.45, 7) is 3.37. The van der Waals surface area contributed by atoms with Gasteiger partial charge in [-0.3, -0.25) is 4.79 Å². The van der Waals surface area contributed by atoms with E-state index in [2.05, 4.69) is 15.2 Å². The molecule has 4 rings (SSSR count). The minimum absolute atomic E-state index is 0.0322. The van der Waals surface area contributed by atoms with E-state index in [9.17, 15) is 4.79 Å². The van der Waals surface area contributed by atoms with Crippen molar-refractivity contribution in [1.82, 2.24) is 20.1 Å². The molecule has 0 unspecified atom stereocenters. The third-order valence-electron chi connectivity index (χ3n) is 4.75. The number of likely N-dealkylation sites (tertiary alicyclic amines) is 1. The number of rotatable bonds is 4. The Labute approximate surface area is 165 Å². The van der Waals surface area contributed by atoms with Crippen molar-refractivity contribution in [2.45, 2.75) is 25.7 Å². The van der Waals surface area contributed by atoms with Crippen molar-refractivity contribution in [2.24, 2.45) is 0 Å². The Bertz CT molecular complexity index is 945. The van der Waals surface area contributed by atoms with Crippen molar-refractivity contribution in [3.63, 3.8) is 0 Å². The van der Waals surface area contributed by atoms with E-state index in [0.29, 0.717) is 11.6 Å². The SMILES string of the molecule is COc1ccccc1-c1nnc(C2CCN(C(=O)c3csc(C)n3)CC2)s1. The number of piperidine rings is 1. The van der Waals surface area contributed by atoms with Gasteiger partial charge in [0.2, 0.25) is 0 Å². The van der Waals surface area contributed by atoms with Crippen LogP contribution in [0.15, 0.2) is 29.6 Å². The number of para-hydroxylation sites is 1. The molecule has 0 atom stereocenters. The molecule has 3 aromatic rings. The first-order chi connectivity index (χ1) is 13.2. The maximum Gasteiger partial charge on any atom is 0.273 e. The van der Waals surface area contributed by atoms with Gasteiger partial charge in [-0.05, 0) is 31.9 Å². The second-order valence-electron chi connectivity index (χ2n) is 6.46. The second kappa shape index (κ2) is 7.74. The van der Waals surface area contributed by atoms with Crippen LogP contribution in [0.4, 0.5) is 0 Å². The first-order valence-electron chi connectivity index (χ1n) is 8.84. The number of hydrogen-bond acceptors (Lipinski definition) is 7. The summed E-state index contributed by atoms with van der Waals surface area (Å²) in [5.74, 6) is 1.18. The van der Waals surface area contributed by atoms with Gasteiger partial charge in [0.15, 0.2) is 5.01 Å². The average Bonchev–Trinajstić information content (AvgIpc) is 3.37. The summed E-state index contributed by atoms with van der Waals surface area (Å²) in [6, 6.07) is 7.85. The third-order valence-corrected chi connectivity index (χ3v) is 6.64. The van der Waals surface area contributed by atoms with Gasteiger partial charge < -0.3 is 9.64 Å². The number of benzene rings is 1. The minimum atomic E-state index is 0.0322. The summed E-state index contributed by atoms with van der Waals surface area (Å²) in [5.41, 5.74) is 1.53. The van der Waals surface area contributed by atoms with E-state index < -0.39 is 0 Å². The number of aromatic nitrogens is 3. The standard InChI is InChI=1S/C19H20N4O2S2/c1-12-20-15(11-26-12)19(24)23-9-7-13(8-10-23)17-21-22-18(27-17)14-5-3-4-6-16(14)25-2/h3-6,11,13H,7-10H2,1-2H3. The zero-order chi connectivity index (χ0) is 18.8. The summed E-state index contributed by atoms with van der Waals surface area (Å²) >= 11 is 3.13. The molecule has 1 fully saturated rings.